The first kappa shape index (κ1) is 15.1. The molecule has 0 aromatic heterocycles. The molecule has 4 nitrogen and oxygen atoms in total. The Labute approximate surface area is 125 Å². The molecule has 1 fully saturated rings. The maximum atomic E-state index is 8.85. The zero-order chi connectivity index (χ0) is 14.8. The van der Waals surface area contributed by atoms with Crippen molar-refractivity contribution in [2.24, 2.45) is 16.3 Å². The van der Waals surface area contributed by atoms with Crippen molar-refractivity contribution in [1.29, 1.82) is 0 Å². The number of nitrogens with two attached hydrogens (primary N) is 1. The number of nitrogens with zero attached hydrogens (tertiary/aromatic N) is 2. The topological polar surface area (TPSA) is 61.8 Å². The summed E-state index contributed by atoms with van der Waals surface area (Å²) in [6.07, 6.45) is 1.79. The molecule has 0 aliphatic carbocycles. The lowest BCUT2D eigenvalue weighted by molar-refractivity contribution is 0.153. The number of halogens is 1. The van der Waals surface area contributed by atoms with Crippen LogP contribution >= 0.6 is 11.6 Å². The molecule has 1 saturated heterocycles. The monoisotopic (exact) mass is 295 g/mol. The van der Waals surface area contributed by atoms with Crippen molar-refractivity contribution in [3.8, 4) is 0 Å². The van der Waals surface area contributed by atoms with Crippen LogP contribution in [0.15, 0.2) is 23.4 Å². The summed E-state index contributed by atoms with van der Waals surface area (Å²) < 4.78 is 0. The van der Waals surface area contributed by atoms with Crippen LogP contribution in [0, 0.1) is 12.3 Å². The summed E-state index contributed by atoms with van der Waals surface area (Å²) >= 11 is 6.28. The van der Waals surface area contributed by atoms with Gasteiger partial charge in [-0.15, -0.1) is 0 Å². The van der Waals surface area contributed by atoms with E-state index in [1.807, 2.05) is 13.0 Å². The van der Waals surface area contributed by atoms with Crippen LogP contribution in [0.4, 0.5) is 0 Å². The van der Waals surface area contributed by atoms with Crippen molar-refractivity contribution in [1.82, 2.24) is 4.90 Å². The molecule has 5 heteroatoms. The Morgan fingerprint density at radius 2 is 2.10 bits per heavy atom. The van der Waals surface area contributed by atoms with E-state index in [1.54, 1.807) is 0 Å². The molecule has 20 heavy (non-hydrogen) atoms. The molecule has 1 aliphatic rings. The van der Waals surface area contributed by atoms with Crippen molar-refractivity contribution < 1.29 is 5.21 Å². The molecule has 1 aliphatic heterocycles. The van der Waals surface area contributed by atoms with Gasteiger partial charge in [-0.1, -0.05) is 35.8 Å². The Morgan fingerprint density at radius 3 is 2.65 bits per heavy atom. The fraction of sp³-hybridized carbons (Fsp3) is 0.533. The number of rotatable bonds is 3. The quantitative estimate of drug-likeness (QED) is 0.390. The number of hydrogen-bond acceptors (Lipinski definition) is 3. The SMILES string of the molecule is Cc1ccc(CN2CCC(C)(/C(N)=N/O)CC2)c(Cl)c1. The van der Waals surface area contributed by atoms with Gasteiger partial charge in [-0.25, -0.2) is 0 Å². The Hall–Kier alpha value is -1.26. The fourth-order valence-electron chi connectivity index (χ4n) is 2.60. The minimum atomic E-state index is -0.192. The molecule has 2 rings (SSSR count). The van der Waals surface area contributed by atoms with Crippen LogP contribution in [-0.2, 0) is 6.54 Å². The lowest BCUT2D eigenvalue weighted by Gasteiger charge is -2.38. The number of piperidine rings is 1. The first-order chi connectivity index (χ1) is 9.44. The van der Waals surface area contributed by atoms with Gasteiger partial charge in [0.2, 0.25) is 0 Å². The summed E-state index contributed by atoms with van der Waals surface area (Å²) in [7, 11) is 0. The minimum absolute atomic E-state index is 0.192. The summed E-state index contributed by atoms with van der Waals surface area (Å²) in [4.78, 5) is 2.36. The Balaban J connectivity index is 1.98. The second kappa shape index (κ2) is 6.02. The van der Waals surface area contributed by atoms with Gasteiger partial charge in [0, 0.05) is 17.0 Å². The Morgan fingerprint density at radius 1 is 1.45 bits per heavy atom. The summed E-state index contributed by atoms with van der Waals surface area (Å²) in [6.45, 7) is 6.80. The molecule has 0 amide bonds. The highest BCUT2D eigenvalue weighted by Crippen LogP contribution is 2.32. The van der Waals surface area contributed by atoms with E-state index in [0.29, 0.717) is 5.84 Å². The molecule has 0 spiro atoms. The summed E-state index contributed by atoms with van der Waals surface area (Å²) in [6, 6.07) is 6.18. The number of aryl methyl sites for hydroxylation is 1. The number of benzene rings is 1. The third-order valence-corrected chi connectivity index (χ3v) is 4.64. The second-order valence-corrected chi connectivity index (χ2v) is 6.32. The van der Waals surface area contributed by atoms with E-state index in [1.165, 1.54) is 5.56 Å². The molecule has 0 unspecified atom stereocenters. The molecule has 0 atom stereocenters. The maximum absolute atomic E-state index is 8.85. The van der Waals surface area contributed by atoms with Gasteiger partial charge >= 0.3 is 0 Å². The molecule has 110 valence electrons. The van der Waals surface area contributed by atoms with Crippen LogP contribution in [0.5, 0.6) is 0 Å². The van der Waals surface area contributed by atoms with E-state index in [9.17, 15) is 0 Å². The maximum Gasteiger partial charge on any atom is 0.145 e. The van der Waals surface area contributed by atoms with E-state index >= 15 is 0 Å². The van der Waals surface area contributed by atoms with Crippen LogP contribution in [0.3, 0.4) is 0 Å². The molecule has 1 aromatic carbocycles. The van der Waals surface area contributed by atoms with Crippen molar-refractivity contribution in [3.63, 3.8) is 0 Å². The van der Waals surface area contributed by atoms with Crippen molar-refractivity contribution in [2.75, 3.05) is 13.1 Å². The number of amidine groups is 1. The first-order valence-electron chi connectivity index (χ1n) is 6.90. The van der Waals surface area contributed by atoms with Gasteiger partial charge in [-0.2, -0.15) is 0 Å². The normalized spacial score (nSPS) is 20.1. The largest absolute Gasteiger partial charge is 0.409 e. The highest BCUT2D eigenvalue weighted by atomic mass is 35.5. The molecule has 1 heterocycles. The van der Waals surface area contributed by atoms with Gasteiger partial charge in [0.25, 0.3) is 0 Å². The Kier molecular flexibility index (Phi) is 4.55. The number of hydrogen-bond donors (Lipinski definition) is 2. The molecule has 0 bridgehead atoms. The standard InChI is InChI=1S/C15H22ClN3O/c1-11-3-4-12(13(16)9-11)10-19-7-5-15(2,6-8-19)14(17)18-20/h3-4,9,20H,5-8,10H2,1-2H3,(H2,17,18). The van der Waals surface area contributed by atoms with Gasteiger partial charge < -0.3 is 10.9 Å². The van der Waals surface area contributed by atoms with Crippen molar-refractivity contribution >= 4 is 17.4 Å². The van der Waals surface area contributed by atoms with Gasteiger partial charge in [0.15, 0.2) is 0 Å². The molecule has 3 N–H and O–H groups in total. The fourth-order valence-corrected chi connectivity index (χ4v) is 2.90. The third kappa shape index (κ3) is 3.25. The average Bonchev–Trinajstić information content (AvgIpc) is 2.43. The smallest absolute Gasteiger partial charge is 0.145 e. The predicted octanol–water partition coefficient (Wildman–Crippen LogP) is 3.00. The van der Waals surface area contributed by atoms with Gasteiger partial charge in [-0.3, -0.25) is 4.90 Å². The van der Waals surface area contributed by atoms with Crippen LogP contribution in [0.2, 0.25) is 5.02 Å². The summed E-state index contributed by atoms with van der Waals surface area (Å²) in [5, 5.41) is 12.8. The molecule has 1 aromatic rings. The molecular formula is C15H22ClN3O. The summed E-state index contributed by atoms with van der Waals surface area (Å²) in [5.41, 5.74) is 7.92. The van der Waals surface area contributed by atoms with E-state index < -0.39 is 0 Å². The summed E-state index contributed by atoms with van der Waals surface area (Å²) in [5.74, 6) is 0.338. The first-order valence-corrected chi connectivity index (χ1v) is 7.28. The van der Waals surface area contributed by atoms with Crippen molar-refractivity contribution in [3.05, 3.63) is 34.3 Å². The number of oxime groups is 1. The Bertz CT molecular complexity index is 508. The van der Waals surface area contributed by atoms with Crippen LogP contribution < -0.4 is 5.73 Å². The predicted molar refractivity (Wildman–Crippen MR) is 82.2 cm³/mol. The van der Waals surface area contributed by atoms with Crippen LogP contribution in [0.25, 0.3) is 0 Å². The lowest BCUT2D eigenvalue weighted by Crippen LogP contribution is -2.45. The van der Waals surface area contributed by atoms with Gasteiger partial charge in [-0.05, 0) is 50.0 Å². The molecular weight excluding hydrogens is 274 g/mol. The zero-order valence-corrected chi connectivity index (χ0v) is 12.8. The van der Waals surface area contributed by atoms with E-state index in [0.717, 1.165) is 43.1 Å². The lowest BCUT2D eigenvalue weighted by atomic mass is 9.79. The number of likely N-dealkylation sites (tertiary alicyclic amines) is 1. The zero-order valence-electron chi connectivity index (χ0n) is 12.1. The third-order valence-electron chi connectivity index (χ3n) is 4.29. The highest BCUT2D eigenvalue weighted by Gasteiger charge is 2.34. The van der Waals surface area contributed by atoms with Crippen molar-refractivity contribution in [2.45, 2.75) is 33.2 Å². The van der Waals surface area contributed by atoms with Crippen LogP contribution in [0.1, 0.15) is 30.9 Å². The van der Waals surface area contributed by atoms with Crippen LogP contribution in [-0.4, -0.2) is 29.0 Å². The minimum Gasteiger partial charge on any atom is -0.409 e. The van der Waals surface area contributed by atoms with E-state index in [4.69, 9.17) is 22.5 Å². The highest BCUT2D eigenvalue weighted by molar-refractivity contribution is 6.31. The van der Waals surface area contributed by atoms with Gasteiger partial charge in [0.1, 0.15) is 5.84 Å². The van der Waals surface area contributed by atoms with E-state index in [2.05, 4.69) is 29.1 Å². The van der Waals surface area contributed by atoms with E-state index in [-0.39, 0.29) is 5.41 Å². The van der Waals surface area contributed by atoms with Gasteiger partial charge in [0.05, 0.1) is 0 Å². The molecule has 0 saturated carbocycles. The molecule has 0 radical (unpaired) electrons. The average molecular weight is 296 g/mol. The second-order valence-electron chi connectivity index (χ2n) is 5.92.